The third-order valence-corrected chi connectivity index (χ3v) is 4.26. The fraction of sp³-hybridized carbons (Fsp3) is 0.278. The standard InChI is InChI=1S/C18H19N3O3/c22-18(15-6-8-17(9-7-15)21(23)24)14-19-10-12-20(13-11-19)16-4-2-1-3-5-16/h1-9H,10-14H2. The number of carbonyl (C=O) groups is 1. The van der Waals surface area contributed by atoms with Gasteiger partial charge in [-0.05, 0) is 24.3 Å². The Hall–Kier alpha value is -2.73. The van der Waals surface area contributed by atoms with Crippen LogP contribution in [0.15, 0.2) is 54.6 Å². The number of nitro groups is 1. The summed E-state index contributed by atoms with van der Waals surface area (Å²) in [5.41, 5.74) is 1.73. The number of nitro benzene ring substituents is 1. The topological polar surface area (TPSA) is 66.7 Å². The summed E-state index contributed by atoms with van der Waals surface area (Å²) in [6.07, 6.45) is 0. The Bertz CT molecular complexity index is 708. The van der Waals surface area contributed by atoms with Gasteiger partial charge in [0.25, 0.3) is 5.69 Å². The Morgan fingerprint density at radius 1 is 0.958 bits per heavy atom. The van der Waals surface area contributed by atoms with Crippen LogP contribution in [0.25, 0.3) is 0 Å². The van der Waals surface area contributed by atoms with Crippen LogP contribution in [0, 0.1) is 10.1 Å². The van der Waals surface area contributed by atoms with Crippen LogP contribution in [-0.2, 0) is 0 Å². The number of hydrogen-bond donors (Lipinski definition) is 0. The van der Waals surface area contributed by atoms with Gasteiger partial charge in [-0.2, -0.15) is 0 Å². The highest BCUT2D eigenvalue weighted by Crippen LogP contribution is 2.16. The van der Waals surface area contributed by atoms with Crippen LogP contribution in [0.4, 0.5) is 11.4 Å². The van der Waals surface area contributed by atoms with E-state index in [1.54, 1.807) is 0 Å². The smallest absolute Gasteiger partial charge is 0.269 e. The van der Waals surface area contributed by atoms with Crippen molar-refractivity contribution in [3.63, 3.8) is 0 Å². The van der Waals surface area contributed by atoms with Gasteiger partial charge < -0.3 is 4.90 Å². The van der Waals surface area contributed by atoms with Gasteiger partial charge in [-0.25, -0.2) is 0 Å². The molecule has 2 aromatic rings. The second-order valence-electron chi connectivity index (χ2n) is 5.83. The van der Waals surface area contributed by atoms with E-state index in [0.717, 1.165) is 26.2 Å². The molecule has 0 bridgehead atoms. The van der Waals surface area contributed by atoms with Crippen molar-refractivity contribution in [3.05, 3.63) is 70.3 Å². The molecular weight excluding hydrogens is 306 g/mol. The van der Waals surface area contributed by atoms with Crippen LogP contribution in [0.5, 0.6) is 0 Å². The Morgan fingerprint density at radius 2 is 1.58 bits per heavy atom. The molecule has 1 aliphatic rings. The van der Waals surface area contributed by atoms with Crippen molar-refractivity contribution in [2.24, 2.45) is 0 Å². The number of ketones is 1. The Morgan fingerprint density at radius 3 is 2.17 bits per heavy atom. The van der Waals surface area contributed by atoms with Crippen molar-refractivity contribution in [1.29, 1.82) is 0 Å². The number of benzene rings is 2. The highest BCUT2D eigenvalue weighted by molar-refractivity contribution is 5.97. The number of rotatable bonds is 5. The molecule has 1 saturated heterocycles. The molecule has 6 heteroatoms. The van der Waals surface area contributed by atoms with Gasteiger partial charge in [0.1, 0.15) is 0 Å². The molecule has 3 rings (SSSR count). The summed E-state index contributed by atoms with van der Waals surface area (Å²) in [6.45, 7) is 3.77. The van der Waals surface area contributed by atoms with Gasteiger partial charge in [-0.15, -0.1) is 0 Å². The summed E-state index contributed by atoms with van der Waals surface area (Å²) in [5.74, 6) is -0.00180. The van der Waals surface area contributed by atoms with E-state index in [1.807, 2.05) is 18.2 Å². The van der Waals surface area contributed by atoms with E-state index in [2.05, 4.69) is 21.9 Å². The summed E-state index contributed by atoms with van der Waals surface area (Å²) in [7, 11) is 0. The van der Waals surface area contributed by atoms with Gasteiger partial charge in [0.2, 0.25) is 0 Å². The van der Waals surface area contributed by atoms with Gasteiger partial charge in [-0.3, -0.25) is 19.8 Å². The molecule has 0 atom stereocenters. The van der Waals surface area contributed by atoms with Gasteiger partial charge in [0.15, 0.2) is 5.78 Å². The van der Waals surface area contributed by atoms with Crippen LogP contribution in [0.3, 0.4) is 0 Å². The highest BCUT2D eigenvalue weighted by atomic mass is 16.6. The van der Waals surface area contributed by atoms with Crippen molar-refractivity contribution in [2.75, 3.05) is 37.6 Å². The Balaban J connectivity index is 1.54. The largest absolute Gasteiger partial charge is 0.369 e. The zero-order valence-electron chi connectivity index (χ0n) is 13.3. The highest BCUT2D eigenvalue weighted by Gasteiger charge is 2.20. The van der Waals surface area contributed by atoms with Crippen LogP contribution < -0.4 is 4.90 Å². The summed E-state index contributed by atoms with van der Waals surface area (Å²) in [5, 5.41) is 10.7. The number of carbonyl (C=O) groups excluding carboxylic acids is 1. The average Bonchev–Trinajstić information content (AvgIpc) is 2.63. The molecule has 0 saturated carbocycles. The van der Waals surface area contributed by atoms with E-state index in [1.165, 1.54) is 30.0 Å². The van der Waals surface area contributed by atoms with Gasteiger partial charge in [0, 0.05) is 49.6 Å². The summed E-state index contributed by atoms with van der Waals surface area (Å²) in [4.78, 5) is 27.0. The third kappa shape index (κ3) is 3.78. The molecule has 6 nitrogen and oxygen atoms in total. The molecule has 124 valence electrons. The predicted molar refractivity (Wildman–Crippen MR) is 92.5 cm³/mol. The second-order valence-corrected chi connectivity index (χ2v) is 5.83. The molecule has 0 spiro atoms. The second kappa shape index (κ2) is 7.23. The van der Waals surface area contributed by atoms with E-state index >= 15 is 0 Å². The summed E-state index contributed by atoms with van der Waals surface area (Å²) in [6, 6.07) is 16.1. The lowest BCUT2D eigenvalue weighted by atomic mass is 10.1. The third-order valence-electron chi connectivity index (χ3n) is 4.26. The van der Waals surface area contributed by atoms with E-state index in [0.29, 0.717) is 12.1 Å². The molecule has 0 N–H and O–H groups in total. The number of para-hydroxylation sites is 1. The number of anilines is 1. The molecule has 24 heavy (non-hydrogen) atoms. The van der Waals surface area contributed by atoms with E-state index < -0.39 is 4.92 Å². The molecule has 0 amide bonds. The molecule has 0 aliphatic carbocycles. The maximum atomic E-state index is 12.3. The lowest BCUT2D eigenvalue weighted by Gasteiger charge is -2.35. The zero-order valence-corrected chi connectivity index (χ0v) is 13.3. The summed E-state index contributed by atoms with van der Waals surface area (Å²) >= 11 is 0. The molecule has 1 aliphatic heterocycles. The van der Waals surface area contributed by atoms with E-state index in [-0.39, 0.29) is 11.5 Å². The number of non-ortho nitro benzene ring substituents is 1. The molecule has 0 radical (unpaired) electrons. The molecule has 1 heterocycles. The maximum Gasteiger partial charge on any atom is 0.269 e. The van der Waals surface area contributed by atoms with Crippen LogP contribution in [-0.4, -0.2) is 48.3 Å². The minimum atomic E-state index is -0.461. The molecule has 2 aromatic carbocycles. The average molecular weight is 325 g/mol. The Kier molecular flexibility index (Phi) is 4.86. The minimum Gasteiger partial charge on any atom is -0.369 e. The van der Waals surface area contributed by atoms with Crippen molar-refractivity contribution >= 4 is 17.2 Å². The number of hydrogen-bond acceptors (Lipinski definition) is 5. The quantitative estimate of drug-likeness (QED) is 0.480. The lowest BCUT2D eigenvalue weighted by molar-refractivity contribution is -0.384. The van der Waals surface area contributed by atoms with Crippen LogP contribution in [0.1, 0.15) is 10.4 Å². The number of Topliss-reactive ketones (excluding diaryl/α,β-unsaturated/α-hetero) is 1. The molecule has 0 aromatic heterocycles. The fourth-order valence-electron chi connectivity index (χ4n) is 2.87. The maximum absolute atomic E-state index is 12.3. The number of nitrogens with zero attached hydrogens (tertiary/aromatic N) is 3. The normalized spacial score (nSPS) is 15.2. The van der Waals surface area contributed by atoms with Crippen molar-refractivity contribution < 1.29 is 9.72 Å². The van der Waals surface area contributed by atoms with Gasteiger partial charge >= 0.3 is 0 Å². The summed E-state index contributed by atoms with van der Waals surface area (Å²) < 4.78 is 0. The predicted octanol–water partition coefficient (Wildman–Crippen LogP) is 2.60. The minimum absolute atomic E-state index is 0.00180. The Labute approximate surface area is 140 Å². The van der Waals surface area contributed by atoms with Crippen molar-refractivity contribution in [2.45, 2.75) is 0 Å². The van der Waals surface area contributed by atoms with Crippen LogP contribution in [0.2, 0.25) is 0 Å². The van der Waals surface area contributed by atoms with Crippen LogP contribution >= 0.6 is 0 Å². The van der Waals surface area contributed by atoms with Gasteiger partial charge in [0.05, 0.1) is 11.5 Å². The first-order chi connectivity index (χ1) is 11.6. The lowest BCUT2D eigenvalue weighted by Crippen LogP contribution is -2.48. The first kappa shape index (κ1) is 16.1. The van der Waals surface area contributed by atoms with Crippen molar-refractivity contribution in [1.82, 2.24) is 4.90 Å². The molecule has 1 fully saturated rings. The molecular formula is C18H19N3O3. The van der Waals surface area contributed by atoms with E-state index in [9.17, 15) is 14.9 Å². The fourth-order valence-corrected chi connectivity index (χ4v) is 2.87. The molecule has 0 unspecified atom stereocenters. The first-order valence-electron chi connectivity index (χ1n) is 7.93. The number of piperazine rings is 1. The SMILES string of the molecule is O=C(CN1CCN(c2ccccc2)CC1)c1ccc([N+](=O)[O-])cc1. The first-order valence-corrected chi connectivity index (χ1v) is 7.93. The monoisotopic (exact) mass is 325 g/mol. The van der Waals surface area contributed by atoms with E-state index in [4.69, 9.17) is 0 Å². The van der Waals surface area contributed by atoms with Gasteiger partial charge in [-0.1, -0.05) is 18.2 Å². The zero-order chi connectivity index (χ0) is 16.9. The van der Waals surface area contributed by atoms with Crippen molar-refractivity contribution in [3.8, 4) is 0 Å².